The van der Waals surface area contributed by atoms with Gasteiger partial charge < -0.3 is 24.8 Å². The maximum atomic E-state index is 11.6. The Morgan fingerprint density at radius 1 is 1.26 bits per heavy atom. The molecule has 0 aliphatic heterocycles. The van der Waals surface area contributed by atoms with Crippen molar-refractivity contribution in [3.05, 3.63) is 24.3 Å². The summed E-state index contributed by atoms with van der Waals surface area (Å²) in [5.41, 5.74) is 0.438. The Bertz CT molecular complexity index is 486. The molecule has 0 heterocycles. The molecule has 0 saturated heterocycles. The van der Waals surface area contributed by atoms with Crippen molar-refractivity contribution < 1.29 is 19.0 Å². The molecule has 1 atom stereocenters. The summed E-state index contributed by atoms with van der Waals surface area (Å²) in [5, 5.41) is 6.05. The second kappa shape index (κ2) is 9.25. The molecule has 0 aliphatic rings. The molecule has 1 aromatic carbocycles. The largest absolute Gasteiger partial charge is 0.491 e. The van der Waals surface area contributed by atoms with Crippen molar-refractivity contribution in [3.63, 3.8) is 0 Å². The van der Waals surface area contributed by atoms with Crippen LogP contribution in [0.2, 0.25) is 0 Å². The number of ether oxygens (including phenoxy) is 3. The maximum absolute atomic E-state index is 11.6. The highest BCUT2D eigenvalue weighted by molar-refractivity contribution is 5.67. The summed E-state index contributed by atoms with van der Waals surface area (Å²) in [5.74, 6) is 0.777. The minimum Gasteiger partial charge on any atom is -0.491 e. The smallest absolute Gasteiger partial charge is 0.407 e. The Balaban J connectivity index is 2.40. The first-order chi connectivity index (χ1) is 10.8. The van der Waals surface area contributed by atoms with Crippen LogP contribution in [0.1, 0.15) is 27.7 Å². The number of methoxy groups -OCH3 is 1. The van der Waals surface area contributed by atoms with Gasteiger partial charge in [0.1, 0.15) is 18.0 Å². The van der Waals surface area contributed by atoms with Crippen molar-refractivity contribution in [2.45, 2.75) is 39.3 Å². The first kappa shape index (κ1) is 19.1. The Morgan fingerprint density at radius 2 is 2.00 bits per heavy atom. The predicted molar refractivity (Wildman–Crippen MR) is 91.1 cm³/mol. The van der Waals surface area contributed by atoms with Crippen LogP contribution in [0.4, 0.5) is 10.5 Å². The van der Waals surface area contributed by atoms with E-state index in [9.17, 15) is 4.79 Å². The summed E-state index contributed by atoms with van der Waals surface area (Å²) in [6.45, 7) is 9.01. The molecule has 6 nitrogen and oxygen atoms in total. The minimum atomic E-state index is -0.491. The second-order valence-corrected chi connectivity index (χ2v) is 6.30. The third-order valence-corrected chi connectivity index (χ3v) is 2.75. The Labute approximate surface area is 138 Å². The number of rotatable bonds is 8. The molecule has 0 spiro atoms. The van der Waals surface area contributed by atoms with Crippen molar-refractivity contribution >= 4 is 11.8 Å². The number of amides is 1. The summed E-state index contributed by atoms with van der Waals surface area (Å²) >= 11 is 0. The van der Waals surface area contributed by atoms with Crippen LogP contribution in [-0.4, -0.2) is 44.6 Å². The SMILES string of the molecule is COCCOc1cccc(NC(C)CNC(=O)OC(C)(C)C)c1. The van der Waals surface area contributed by atoms with Crippen molar-refractivity contribution in [2.24, 2.45) is 0 Å². The van der Waals surface area contributed by atoms with E-state index in [2.05, 4.69) is 10.6 Å². The van der Waals surface area contributed by atoms with E-state index in [1.807, 2.05) is 52.0 Å². The lowest BCUT2D eigenvalue weighted by molar-refractivity contribution is 0.0526. The Hall–Kier alpha value is -1.95. The zero-order valence-corrected chi connectivity index (χ0v) is 14.6. The molecule has 6 heteroatoms. The summed E-state index contributed by atoms with van der Waals surface area (Å²) in [6, 6.07) is 7.73. The fraction of sp³-hybridized carbons (Fsp3) is 0.588. The fourth-order valence-electron chi connectivity index (χ4n) is 1.80. The van der Waals surface area contributed by atoms with Gasteiger partial charge in [-0.1, -0.05) is 6.07 Å². The lowest BCUT2D eigenvalue weighted by Gasteiger charge is -2.21. The Morgan fingerprint density at radius 3 is 2.65 bits per heavy atom. The molecule has 0 bridgehead atoms. The number of anilines is 1. The molecular formula is C17H28N2O4. The van der Waals surface area contributed by atoms with Crippen molar-refractivity contribution in [1.29, 1.82) is 0 Å². The molecule has 23 heavy (non-hydrogen) atoms. The highest BCUT2D eigenvalue weighted by Gasteiger charge is 2.16. The Kier molecular flexibility index (Phi) is 7.68. The number of carbonyl (C=O) groups excluding carboxylic acids is 1. The van der Waals surface area contributed by atoms with Gasteiger partial charge in [-0.05, 0) is 39.8 Å². The van der Waals surface area contributed by atoms with Gasteiger partial charge in [0.05, 0.1) is 6.61 Å². The van der Waals surface area contributed by atoms with Crippen LogP contribution in [0, 0.1) is 0 Å². The van der Waals surface area contributed by atoms with Crippen molar-refractivity contribution in [2.75, 3.05) is 32.2 Å². The van der Waals surface area contributed by atoms with Gasteiger partial charge in [0.25, 0.3) is 0 Å². The molecule has 0 aliphatic carbocycles. The van der Waals surface area contributed by atoms with Crippen LogP contribution >= 0.6 is 0 Å². The van der Waals surface area contributed by atoms with Crippen LogP contribution in [-0.2, 0) is 9.47 Å². The fourth-order valence-corrected chi connectivity index (χ4v) is 1.80. The van der Waals surface area contributed by atoms with Gasteiger partial charge in [0, 0.05) is 31.5 Å². The topological polar surface area (TPSA) is 68.8 Å². The predicted octanol–water partition coefficient (Wildman–Crippen LogP) is 3.04. The van der Waals surface area contributed by atoms with E-state index in [1.54, 1.807) is 7.11 Å². The molecule has 0 saturated carbocycles. The van der Waals surface area contributed by atoms with E-state index in [0.717, 1.165) is 11.4 Å². The molecule has 1 aromatic rings. The zero-order chi connectivity index (χ0) is 17.3. The van der Waals surface area contributed by atoms with E-state index in [4.69, 9.17) is 14.2 Å². The molecular weight excluding hydrogens is 296 g/mol. The third-order valence-electron chi connectivity index (χ3n) is 2.75. The highest BCUT2D eigenvalue weighted by atomic mass is 16.6. The second-order valence-electron chi connectivity index (χ2n) is 6.30. The van der Waals surface area contributed by atoms with Crippen LogP contribution < -0.4 is 15.4 Å². The first-order valence-electron chi connectivity index (χ1n) is 7.75. The quantitative estimate of drug-likeness (QED) is 0.719. The average molecular weight is 324 g/mol. The van der Waals surface area contributed by atoms with Crippen LogP contribution in [0.5, 0.6) is 5.75 Å². The minimum absolute atomic E-state index is 0.0525. The molecule has 0 fully saturated rings. The van der Waals surface area contributed by atoms with Gasteiger partial charge in [0.15, 0.2) is 0 Å². The molecule has 0 radical (unpaired) electrons. The normalized spacial score (nSPS) is 12.4. The standard InChI is InChI=1S/C17H28N2O4/c1-13(12-18-16(20)23-17(2,3)4)19-14-7-6-8-15(11-14)22-10-9-21-5/h6-8,11,13,19H,9-10,12H2,1-5H3,(H,18,20). The number of alkyl carbamates (subject to hydrolysis) is 1. The van der Waals surface area contributed by atoms with E-state index in [1.165, 1.54) is 0 Å². The molecule has 130 valence electrons. The van der Waals surface area contributed by atoms with E-state index in [0.29, 0.717) is 19.8 Å². The van der Waals surface area contributed by atoms with E-state index >= 15 is 0 Å². The number of carbonyl (C=O) groups is 1. The summed E-state index contributed by atoms with van der Waals surface area (Å²) in [4.78, 5) is 11.6. The van der Waals surface area contributed by atoms with Crippen molar-refractivity contribution in [1.82, 2.24) is 5.32 Å². The van der Waals surface area contributed by atoms with Gasteiger partial charge in [-0.15, -0.1) is 0 Å². The van der Waals surface area contributed by atoms with Gasteiger partial charge in [-0.3, -0.25) is 0 Å². The van der Waals surface area contributed by atoms with Crippen LogP contribution in [0.25, 0.3) is 0 Å². The number of hydrogen-bond acceptors (Lipinski definition) is 5. The van der Waals surface area contributed by atoms with Gasteiger partial charge in [0.2, 0.25) is 0 Å². The van der Waals surface area contributed by atoms with Gasteiger partial charge in [-0.25, -0.2) is 4.79 Å². The molecule has 0 aromatic heterocycles. The van der Waals surface area contributed by atoms with E-state index in [-0.39, 0.29) is 6.04 Å². The van der Waals surface area contributed by atoms with Gasteiger partial charge >= 0.3 is 6.09 Å². The summed E-state index contributed by atoms with van der Waals surface area (Å²) in [7, 11) is 1.64. The summed E-state index contributed by atoms with van der Waals surface area (Å²) in [6.07, 6.45) is -0.414. The van der Waals surface area contributed by atoms with Crippen molar-refractivity contribution in [3.8, 4) is 5.75 Å². The molecule has 1 unspecified atom stereocenters. The summed E-state index contributed by atoms with van der Waals surface area (Å²) < 4.78 is 15.7. The lowest BCUT2D eigenvalue weighted by Crippen LogP contribution is -2.38. The number of benzene rings is 1. The first-order valence-corrected chi connectivity index (χ1v) is 7.75. The average Bonchev–Trinajstić information content (AvgIpc) is 2.44. The molecule has 1 amide bonds. The lowest BCUT2D eigenvalue weighted by atomic mass is 10.2. The zero-order valence-electron chi connectivity index (χ0n) is 14.6. The molecule has 1 rings (SSSR count). The van der Waals surface area contributed by atoms with Crippen LogP contribution in [0.15, 0.2) is 24.3 Å². The third kappa shape index (κ3) is 8.93. The maximum Gasteiger partial charge on any atom is 0.407 e. The van der Waals surface area contributed by atoms with Crippen LogP contribution in [0.3, 0.4) is 0 Å². The molecule has 2 N–H and O–H groups in total. The monoisotopic (exact) mass is 324 g/mol. The van der Waals surface area contributed by atoms with Gasteiger partial charge in [-0.2, -0.15) is 0 Å². The van der Waals surface area contributed by atoms with E-state index < -0.39 is 11.7 Å². The highest BCUT2D eigenvalue weighted by Crippen LogP contribution is 2.18. The number of nitrogens with one attached hydrogen (secondary N) is 2. The number of hydrogen-bond donors (Lipinski definition) is 2.